The summed E-state index contributed by atoms with van der Waals surface area (Å²) in [4.78, 5) is 13.3. The molecule has 19 nitrogen and oxygen atoms in total. The second-order valence-electron chi connectivity index (χ2n) is 20.7. The largest absolute Gasteiger partial charge is 0.394 e. The first-order chi connectivity index (χ1) is 40.8. The van der Waals surface area contributed by atoms with Crippen molar-refractivity contribution >= 4 is 5.91 Å². The van der Waals surface area contributed by atoms with Gasteiger partial charge in [0.1, 0.15) is 73.2 Å². The first kappa shape index (κ1) is 73.9. The van der Waals surface area contributed by atoms with Gasteiger partial charge in [0, 0.05) is 6.42 Å². The molecule has 474 valence electrons. The maximum absolute atomic E-state index is 13.3. The Hall–Kier alpha value is -4.33. The number of unbranched alkanes of at least 4 members (excludes halogenated alkanes) is 3. The van der Waals surface area contributed by atoms with Crippen LogP contribution in [0.2, 0.25) is 0 Å². The van der Waals surface area contributed by atoms with Gasteiger partial charge in [-0.15, -0.1) is 0 Å². The zero-order chi connectivity index (χ0) is 61.2. The van der Waals surface area contributed by atoms with Crippen molar-refractivity contribution in [2.24, 2.45) is 0 Å². The number of hydrogen-bond donors (Lipinski definition) is 12. The standard InChI is InChI=1S/C65H101NO18/c1-3-5-7-9-11-13-15-16-17-18-19-20-21-22-23-24-25-26-27-28-29-30-31-32-33-35-37-39-41-43-53(71)66-48(49(70)42-40-38-36-34-14-12-10-8-6-4-2)47-79-63-59(77)56(74)61(51(45-68)81-63)84-65-60(78)57(75)62(52(46-69)82-65)83-64-58(76)55(73)54(72)50(44-67)80-64/h5-8,11,13-14,16-17,19-20,22-23,25-26,28-29,31-32,34-35,37,40,42,48-52,54-65,67-70,72-78H,3-4,9-10,12,15,18,21,24,27,30,33,36,38-39,41,43-47H2,1-2H3,(H,66,71)/b7-5-,8-6+,13-11-,17-16-,20-19-,23-22-,26-25-,29-28-,32-31-,34-14+,37-35-,42-40+. The maximum Gasteiger partial charge on any atom is 0.220 e. The third-order valence-corrected chi connectivity index (χ3v) is 13.9. The molecule has 3 saturated heterocycles. The Morgan fingerprint density at radius 1 is 0.429 bits per heavy atom. The molecule has 3 rings (SSSR count). The molecule has 0 aromatic heterocycles. The number of amides is 1. The van der Waals surface area contributed by atoms with Crippen molar-refractivity contribution in [3.63, 3.8) is 0 Å². The molecule has 12 N–H and O–H groups in total. The summed E-state index contributed by atoms with van der Waals surface area (Å²) in [5.41, 5.74) is 0. The van der Waals surface area contributed by atoms with E-state index in [1.54, 1.807) is 12.2 Å². The molecule has 0 radical (unpaired) electrons. The number of allylic oxidation sites excluding steroid dienone is 23. The molecule has 84 heavy (non-hydrogen) atoms. The van der Waals surface area contributed by atoms with Crippen LogP contribution in [0.15, 0.2) is 146 Å². The Morgan fingerprint density at radius 3 is 1.21 bits per heavy atom. The van der Waals surface area contributed by atoms with Gasteiger partial charge in [0.15, 0.2) is 18.9 Å². The molecule has 0 saturated carbocycles. The van der Waals surface area contributed by atoms with Crippen molar-refractivity contribution in [1.29, 1.82) is 0 Å². The number of hydrogen-bond acceptors (Lipinski definition) is 18. The van der Waals surface area contributed by atoms with Crippen LogP contribution in [0.3, 0.4) is 0 Å². The van der Waals surface area contributed by atoms with Crippen molar-refractivity contribution in [3.8, 4) is 0 Å². The minimum Gasteiger partial charge on any atom is -0.394 e. The van der Waals surface area contributed by atoms with E-state index in [0.29, 0.717) is 19.3 Å². The normalized spacial score (nSPS) is 30.2. The Labute approximate surface area is 498 Å². The molecule has 3 aliphatic rings. The summed E-state index contributed by atoms with van der Waals surface area (Å²) in [6.07, 6.45) is 37.2. The number of ether oxygens (including phenoxy) is 6. The zero-order valence-corrected chi connectivity index (χ0v) is 49.3. The molecule has 3 aliphatic heterocycles. The molecule has 3 heterocycles. The molecular weight excluding hydrogens is 1080 g/mol. The van der Waals surface area contributed by atoms with Crippen LogP contribution in [0.25, 0.3) is 0 Å². The van der Waals surface area contributed by atoms with E-state index < -0.39 is 131 Å². The van der Waals surface area contributed by atoms with Gasteiger partial charge in [-0.2, -0.15) is 0 Å². The van der Waals surface area contributed by atoms with E-state index in [1.807, 2.05) is 12.2 Å². The smallest absolute Gasteiger partial charge is 0.220 e. The number of carbonyl (C=O) groups is 1. The van der Waals surface area contributed by atoms with Crippen LogP contribution in [0.1, 0.15) is 123 Å². The van der Waals surface area contributed by atoms with Gasteiger partial charge in [-0.25, -0.2) is 0 Å². The summed E-state index contributed by atoms with van der Waals surface area (Å²) in [5.74, 6) is -0.359. The summed E-state index contributed by atoms with van der Waals surface area (Å²) in [6, 6.07) is -1.04. The van der Waals surface area contributed by atoms with Crippen molar-refractivity contribution in [2.45, 2.75) is 227 Å². The fraction of sp³-hybridized carbons (Fsp3) is 0.615. The highest BCUT2D eigenvalue weighted by atomic mass is 16.8. The van der Waals surface area contributed by atoms with Crippen molar-refractivity contribution < 1.29 is 89.4 Å². The van der Waals surface area contributed by atoms with Crippen LogP contribution < -0.4 is 5.32 Å². The highest BCUT2D eigenvalue weighted by molar-refractivity contribution is 5.76. The van der Waals surface area contributed by atoms with E-state index in [-0.39, 0.29) is 12.3 Å². The third kappa shape index (κ3) is 28.9. The average molecular weight is 1180 g/mol. The van der Waals surface area contributed by atoms with Gasteiger partial charge in [-0.05, 0) is 103 Å². The predicted molar refractivity (Wildman–Crippen MR) is 322 cm³/mol. The highest BCUT2D eigenvalue weighted by Crippen LogP contribution is 2.33. The lowest BCUT2D eigenvalue weighted by Gasteiger charge is -2.48. The lowest BCUT2D eigenvalue weighted by atomic mass is 9.96. The molecule has 19 heteroatoms. The molecule has 3 fully saturated rings. The Kier molecular flexibility index (Phi) is 40.4. The van der Waals surface area contributed by atoms with E-state index in [0.717, 1.165) is 83.5 Å². The average Bonchev–Trinajstić information content (AvgIpc) is 2.80. The lowest BCUT2D eigenvalue weighted by molar-refractivity contribution is -0.379. The summed E-state index contributed by atoms with van der Waals surface area (Å²) in [6.45, 7) is 1.35. The molecule has 1 amide bonds. The van der Waals surface area contributed by atoms with Gasteiger partial charge in [0.25, 0.3) is 0 Å². The summed E-state index contributed by atoms with van der Waals surface area (Å²) in [7, 11) is 0. The molecule has 0 aromatic rings. The third-order valence-electron chi connectivity index (χ3n) is 13.9. The highest BCUT2D eigenvalue weighted by Gasteiger charge is 2.53. The van der Waals surface area contributed by atoms with Crippen molar-refractivity contribution in [1.82, 2.24) is 5.32 Å². The van der Waals surface area contributed by atoms with E-state index in [4.69, 9.17) is 28.4 Å². The lowest BCUT2D eigenvalue weighted by Crippen LogP contribution is -2.66. The van der Waals surface area contributed by atoms with Crippen LogP contribution in [0, 0.1) is 0 Å². The SMILES string of the molecule is CC/C=C\C/C=C\C/C=C\C/C=C\C/C=C\C/C=C\C/C=C\C/C=C\C/C=C\CCCC(=O)NC(COC1OC(CO)C(OC2OC(CO)C(OC3OC(CO)C(O)C(O)C3O)C(O)C2O)C(O)C1O)C(O)/C=C/CC/C=C/CC/C=C/CC. The minimum atomic E-state index is -1.99. The molecule has 0 aliphatic carbocycles. The van der Waals surface area contributed by atoms with Crippen LogP contribution in [0.5, 0.6) is 0 Å². The Morgan fingerprint density at radius 2 is 0.774 bits per heavy atom. The molecule has 17 unspecified atom stereocenters. The molecule has 0 bridgehead atoms. The quantitative estimate of drug-likeness (QED) is 0.0260. The minimum absolute atomic E-state index is 0.140. The topological polar surface area (TPSA) is 307 Å². The van der Waals surface area contributed by atoms with Gasteiger partial charge in [-0.3, -0.25) is 4.79 Å². The molecular formula is C65H101NO18. The van der Waals surface area contributed by atoms with Gasteiger partial charge in [-0.1, -0.05) is 160 Å². The van der Waals surface area contributed by atoms with Crippen LogP contribution in [-0.4, -0.2) is 193 Å². The predicted octanol–water partition coefficient (Wildman–Crippen LogP) is 5.64. The number of aliphatic hydroxyl groups excluding tert-OH is 11. The first-order valence-corrected chi connectivity index (χ1v) is 30.1. The number of aliphatic hydroxyl groups is 11. The number of nitrogens with one attached hydrogen (secondary N) is 1. The van der Waals surface area contributed by atoms with Crippen molar-refractivity contribution in [3.05, 3.63) is 146 Å². The summed E-state index contributed by atoms with van der Waals surface area (Å²) in [5, 5.41) is 120. The molecule has 0 spiro atoms. The second-order valence-corrected chi connectivity index (χ2v) is 20.7. The second kappa shape index (κ2) is 45.9. The summed E-state index contributed by atoms with van der Waals surface area (Å²) < 4.78 is 34.1. The zero-order valence-electron chi connectivity index (χ0n) is 49.3. The summed E-state index contributed by atoms with van der Waals surface area (Å²) >= 11 is 0. The fourth-order valence-electron chi connectivity index (χ4n) is 8.99. The maximum atomic E-state index is 13.3. The van der Waals surface area contributed by atoms with Crippen LogP contribution >= 0.6 is 0 Å². The fourth-order valence-corrected chi connectivity index (χ4v) is 8.99. The van der Waals surface area contributed by atoms with Crippen LogP contribution in [0.4, 0.5) is 0 Å². The molecule has 17 atom stereocenters. The molecule has 0 aromatic carbocycles. The van der Waals surface area contributed by atoms with E-state index in [9.17, 15) is 61.0 Å². The van der Waals surface area contributed by atoms with Crippen molar-refractivity contribution in [2.75, 3.05) is 26.4 Å². The van der Waals surface area contributed by atoms with Gasteiger partial charge in [0.05, 0.1) is 38.6 Å². The van der Waals surface area contributed by atoms with Gasteiger partial charge < -0.3 is 89.9 Å². The van der Waals surface area contributed by atoms with E-state index in [1.165, 1.54) is 0 Å². The number of carbonyl (C=O) groups excluding carboxylic acids is 1. The Balaban J connectivity index is 1.46. The number of rotatable bonds is 41. The van der Waals surface area contributed by atoms with E-state index in [2.05, 4.69) is 141 Å². The van der Waals surface area contributed by atoms with Gasteiger partial charge in [0.2, 0.25) is 5.91 Å². The van der Waals surface area contributed by atoms with Gasteiger partial charge >= 0.3 is 0 Å². The van der Waals surface area contributed by atoms with Crippen LogP contribution in [-0.2, 0) is 33.2 Å². The first-order valence-electron chi connectivity index (χ1n) is 30.1. The Bertz CT molecular complexity index is 2090. The van der Waals surface area contributed by atoms with E-state index >= 15 is 0 Å². The monoisotopic (exact) mass is 1180 g/mol.